The molecule has 2 saturated carbocycles. The summed E-state index contributed by atoms with van der Waals surface area (Å²) in [4.78, 5) is 12.6. The maximum Gasteiger partial charge on any atom is 0.223 e. The van der Waals surface area contributed by atoms with Crippen LogP contribution in [0.15, 0.2) is 24.3 Å². The van der Waals surface area contributed by atoms with Gasteiger partial charge < -0.3 is 11.1 Å². The molecule has 0 aliphatic heterocycles. The van der Waals surface area contributed by atoms with Gasteiger partial charge in [0.05, 0.1) is 6.04 Å². The Morgan fingerprint density at radius 3 is 2.41 bits per heavy atom. The Morgan fingerprint density at radius 1 is 1.14 bits per heavy atom. The highest BCUT2D eigenvalue weighted by Crippen LogP contribution is 2.37. The molecule has 1 aromatic rings. The summed E-state index contributed by atoms with van der Waals surface area (Å²) in [6, 6.07) is 8.23. The number of nitrogens with two attached hydrogens (primary N) is 1. The number of benzene rings is 1. The van der Waals surface area contributed by atoms with Crippen molar-refractivity contribution in [2.24, 2.45) is 17.6 Å². The molecule has 3 nitrogen and oxygen atoms in total. The fourth-order valence-corrected chi connectivity index (χ4v) is 4.09. The summed E-state index contributed by atoms with van der Waals surface area (Å²) in [5, 5.41) is 4.06. The van der Waals surface area contributed by atoms with E-state index in [1.807, 2.05) is 24.3 Å². The molecule has 0 heterocycles. The van der Waals surface area contributed by atoms with Gasteiger partial charge in [0, 0.05) is 17.0 Å². The first-order valence-corrected chi connectivity index (χ1v) is 8.82. The fraction of sp³-hybridized carbons (Fsp3) is 0.611. The minimum absolute atomic E-state index is 0.0891. The lowest BCUT2D eigenvalue weighted by atomic mass is 9.91. The highest BCUT2D eigenvalue weighted by Gasteiger charge is 2.32. The third kappa shape index (κ3) is 3.64. The van der Waals surface area contributed by atoms with Crippen LogP contribution in [0, 0.1) is 11.8 Å². The second-order valence-electron chi connectivity index (χ2n) is 6.85. The number of halogens is 1. The summed E-state index contributed by atoms with van der Waals surface area (Å²) in [6.45, 7) is 0. The minimum Gasteiger partial charge on any atom is -0.349 e. The van der Waals surface area contributed by atoms with Gasteiger partial charge in [0.15, 0.2) is 0 Å². The molecular formula is C18H25ClN2O. The molecule has 1 amide bonds. The van der Waals surface area contributed by atoms with Gasteiger partial charge in [0.1, 0.15) is 0 Å². The van der Waals surface area contributed by atoms with Crippen LogP contribution in [0.4, 0.5) is 0 Å². The SMILES string of the molecule is NC1CCC(C(=O)NC(c2ccc(Cl)cc2)C2CCCC2)C1. The Morgan fingerprint density at radius 2 is 1.82 bits per heavy atom. The molecule has 4 heteroatoms. The number of nitrogens with one attached hydrogen (secondary N) is 1. The average molecular weight is 321 g/mol. The molecule has 1 aromatic carbocycles. The van der Waals surface area contributed by atoms with Crippen molar-refractivity contribution in [1.29, 1.82) is 0 Å². The van der Waals surface area contributed by atoms with Crippen molar-refractivity contribution in [3.8, 4) is 0 Å². The molecule has 0 saturated heterocycles. The van der Waals surface area contributed by atoms with Crippen LogP contribution in [0.5, 0.6) is 0 Å². The number of rotatable bonds is 4. The van der Waals surface area contributed by atoms with E-state index in [4.69, 9.17) is 17.3 Å². The number of hydrogen-bond acceptors (Lipinski definition) is 2. The molecule has 22 heavy (non-hydrogen) atoms. The number of carbonyl (C=O) groups excluding carboxylic acids is 1. The van der Waals surface area contributed by atoms with Crippen molar-refractivity contribution in [3.05, 3.63) is 34.9 Å². The van der Waals surface area contributed by atoms with Crippen molar-refractivity contribution >= 4 is 17.5 Å². The van der Waals surface area contributed by atoms with Gasteiger partial charge in [-0.1, -0.05) is 36.6 Å². The Bertz CT molecular complexity index is 510. The van der Waals surface area contributed by atoms with Crippen molar-refractivity contribution in [3.63, 3.8) is 0 Å². The molecule has 2 fully saturated rings. The first-order valence-electron chi connectivity index (χ1n) is 8.45. The van der Waals surface area contributed by atoms with Crippen LogP contribution in [0.2, 0.25) is 5.02 Å². The summed E-state index contributed by atoms with van der Waals surface area (Å²) in [5.74, 6) is 0.811. The maximum absolute atomic E-state index is 12.6. The van der Waals surface area contributed by atoms with E-state index < -0.39 is 0 Å². The zero-order chi connectivity index (χ0) is 15.5. The molecule has 3 rings (SSSR count). The van der Waals surface area contributed by atoms with Crippen LogP contribution in [0.1, 0.15) is 56.6 Å². The lowest BCUT2D eigenvalue weighted by molar-refractivity contribution is -0.126. The standard InChI is InChI=1S/C18H25ClN2O/c19-15-8-5-13(6-9-15)17(12-3-1-2-4-12)21-18(22)14-7-10-16(20)11-14/h5-6,8-9,12,14,16-17H,1-4,7,10-11,20H2,(H,21,22). The summed E-state index contributed by atoms with van der Waals surface area (Å²) in [7, 11) is 0. The van der Waals surface area contributed by atoms with Gasteiger partial charge >= 0.3 is 0 Å². The zero-order valence-electron chi connectivity index (χ0n) is 12.9. The normalized spacial score (nSPS) is 27.0. The van der Waals surface area contributed by atoms with Crippen LogP contribution >= 0.6 is 11.6 Å². The first-order chi connectivity index (χ1) is 10.6. The molecule has 3 N–H and O–H groups in total. The van der Waals surface area contributed by atoms with Crippen LogP contribution in [-0.4, -0.2) is 11.9 Å². The lowest BCUT2D eigenvalue weighted by Gasteiger charge is -2.27. The van der Waals surface area contributed by atoms with Gasteiger partial charge in [0.2, 0.25) is 5.91 Å². The van der Waals surface area contributed by atoms with Gasteiger partial charge in [0.25, 0.3) is 0 Å². The number of amides is 1. The predicted octanol–water partition coefficient (Wildman–Crippen LogP) is 3.81. The van der Waals surface area contributed by atoms with E-state index in [0.717, 1.165) is 24.3 Å². The summed E-state index contributed by atoms with van der Waals surface area (Å²) in [5.41, 5.74) is 7.12. The van der Waals surface area contributed by atoms with Gasteiger partial charge in [-0.2, -0.15) is 0 Å². The smallest absolute Gasteiger partial charge is 0.223 e. The third-order valence-electron chi connectivity index (χ3n) is 5.24. The molecule has 3 unspecified atom stereocenters. The van der Waals surface area contributed by atoms with Crippen LogP contribution in [0.25, 0.3) is 0 Å². The molecule has 0 radical (unpaired) electrons. The molecule has 120 valence electrons. The van der Waals surface area contributed by atoms with Crippen molar-refractivity contribution in [1.82, 2.24) is 5.32 Å². The van der Waals surface area contributed by atoms with Crippen LogP contribution < -0.4 is 11.1 Å². The van der Waals surface area contributed by atoms with Crippen molar-refractivity contribution in [2.45, 2.75) is 57.0 Å². The Hall–Kier alpha value is -1.06. The Kier molecular flexibility index (Phi) is 5.04. The van der Waals surface area contributed by atoms with E-state index in [9.17, 15) is 4.79 Å². The highest BCUT2D eigenvalue weighted by atomic mass is 35.5. The predicted molar refractivity (Wildman–Crippen MR) is 89.6 cm³/mol. The minimum atomic E-state index is 0.0891. The number of hydrogen-bond donors (Lipinski definition) is 2. The van der Waals surface area contributed by atoms with E-state index in [2.05, 4.69) is 5.32 Å². The maximum atomic E-state index is 12.6. The van der Waals surface area contributed by atoms with E-state index in [0.29, 0.717) is 5.92 Å². The van der Waals surface area contributed by atoms with Gasteiger partial charge in [-0.25, -0.2) is 0 Å². The third-order valence-corrected chi connectivity index (χ3v) is 5.49. The Labute approximate surface area is 137 Å². The molecule has 3 atom stereocenters. The van der Waals surface area contributed by atoms with Gasteiger partial charge in [-0.3, -0.25) is 4.79 Å². The molecule has 2 aliphatic carbocycles. The van der Waals surface area contributed by atoms with E-state index in [1.165, 1.54) is 31.2 Å². The summed E-state index contributed by atoms with van der Waals surface area (Å²) >= 11 is 6.00. The average Bonchev–Trinajstić information content (AvgIpc) is 3.17. The molecule has 0 spiro atoms. The highest BCUT2D eigenvalue weighted by molar-refractivity contribution is 6.30. The van der Waals surface area contributed by atoms with Crippen LogP contribution in [-0.2, 0) is 4.79 Å². The van der Waals surface area contributed by atoms with Gasteiger partial charge in [-0.05, 0) is 55.7 Å². The molecular weight excluding hydrogens is 296 g/mol. The first kappa shape index (κ1) is 15.8. The van der Waals surface area contributed by atoms with E-state index in [1.54, 1.807) is 0 Å². The lowest BCUT2D eigenvalue weighted by Crippen LogP contribution is -2.36. The van der Waals surface area contributed by atoms with Gasteiger partial charge in [-0.15, -0.1) is 0 Å². The summed E-state index contributed by atoms with van der Waals surface area (Å²) < 4.78 is 0. The number of carbonyl (C=O) groups is 1. The molecule has 2 aliphatic rings. The monoisotopic (exact) mass is 320 g/mol. The van der Waals surface area contributed by atoms with Crippen molar-refractivity contribution in [2.75, 3.05) is 0 Å². The Balaban J connectivity index is 1.73. The second kappa shape index (κ2) is 7.01. The molecule has 0 bridgehead atoms. The fourth-order valence-electron chi connectivity index (χ4n) is 3.96. The van der Waals surface area contributed by atoms with Crippen LogP contribution in [0.3, 0.4) is 0 Å². The summed E-state index contributed by atoms with van der Waals surface area (Å²) in [6.07, 6.45) is 7.62. The molecule has 0 aromatic heterocycles. The largest absolute Gasteiger partial charge is 0.349 e. The second-order valence-corrected chi connectivity index (χ2v) is 7.29. The zero-order valence-corrected chi connectivity index (χ0v) is 13.7. The quantitative estimate of drug-likeness (QED) is 0.886. The topological polar surface area (TPSA) is 55.1 Å². The van der Waals surface area contributed by atoms with E-state index in [-0.39, 0.29) is 23.9 Å². The van der Waals surface area contributed by atoms with Crippen molar-refractivity contribution < 1.29 is 4.79 Å². The van der Waals surface area contributed by atoms with E-state index >= 15 is 0 Å².